The second-order valence-corrected chi connectivity index (χ2v) is 5.23. The second kappa shape index (κ2) is 4.99. The van der Waals surface area contributed by atoms with Gasteiger partial charge >= 0.3 is 0 Å². The van der Waals surface area contributed by atoms with Gasteiger partial charge in [-0.25, -0.2) is 0 Å². The van der Waals surface area contributed by atoms with Crippen molar-refractivity contribution in [3.05, 3.63) is 42.5 Å². The molecule has 2 heteroatoms. The van der Waals surface area contributed by atoms with E-state index in [2.05, 4.69) is 47.8 Å². The van der Waals surface area contributed by atoms with E-state index in [1.54, 1.807) is 0 Å². The van der Waals surface area contributed by atoms with Crippen LogP contribution >= 0.6 is 0 Å². The lowest BCUT2D eigenvalue weighted by Crippen LogP contribution is -2.42. The number of hydrogen-bond acceptors (Lipinski definition) is 2. The minimum atomic E-state index is 0.290. The number of nitrogens with one attached hydrogen (secondary N) is 1. The predicted molar refractivity (Wildman–Crippen MR) is 77.8 cm³/mol. The molecule has 2 nitrogen and oxygen atoms in total. The Morgan fingerprint density at radius 3 is 2.61 bits per heavy atom. The van der Waals surface area contributed by atoms with E-state index in [4.69, 9.17) is 5.73 Å². The largest absolute Gasteiger partial charge is 0.380 e. The van der Waals surface area contributed by atoms with Gasteiger partial charge in [0.1, 0.15) is 0 Å². The molecular formula is C16H20N2. The van der Waals surface area contributed by atoms with Crippen LogP contribution in [0.3, 0.4) is 0 Å². The molecule has 0 amide bonds. The first-order chi connectivity index (χ1) is 8.84. The van der Waals surface area contributed by atoms with Crippen LogP contribution in [-0.2, 0) is 0 Å². The van der Waals surface area contributed by atoms with Gasteiger partial charge in [-0.2, -0.15) is 0 Å². The van der Waals surface area contributed by atoms with Gasteiger partial charge in [-0.15, -0.1) is 0 Å². The van der Waals surface area contributed by atoms with Gasteiger partial charge in [-0.05, 0) is 24.3 Å². The quantitative estimate of drug-likeness (QED) is 0.843. The third-order valence-corrected chi connectivity index (χ3v) is 3.95. The highest BCUT2D eigenvalue weighted by molar-refractivity contribution is 5.93. The van der Waals surface area contributed by atoms with E-state index in [0.717, 1.165) is 6.42 Å². The van der Waals surface area contributed by atoms with Crippen molar-refractivity contribution in [3.8, 4) is 0 Å². The minimum absolute atomic E-state index is 0.290. The lowest BCUT2D eigenvalue weighted by Gasteiger charge is -2.30. The molecule has 1 fully saturated rings. The molecule has 0 heterocycles. The van der Waals surface area contributed by atoms with Crippen molar-refractivity contribution in [1.29, 1.82) is 0 Å². The first-order valence-electron chi connectivity index (χ1n) is 6.84. The average Bonchev–Trinajstić information content (AvgIpc) is 2.42. The highest BCUT2D eigenvalue weighted by atomic mass is 15.0. The van der Waals surface area contributed by atoms with Gasteiger partial charge < -0.3 is 11.1 Å². The molecule has 0 bridgehead atoms. The van der Waals surface area contributed by atoms with E-state index >= 15 is 0 Å². The molecule has 0 radical (unpaired) electrons. The van der Waals surface area contributed by atoms with E-state index in [0.29, 0.717) is 6.04 Å². The summed E-state index contributed by atoms with van der Waals surface area (Å²) in [5, 5.41) is 6.22. The van der Waals surface area contributed by atoms with Crippen molar-refractivity contribution in [2.45, 2.75) is 37.8 Å². The monoisotopic (exact) mass is 240 g/mol. The lowest BCUT2D eigenvalue weighted by atomic mass is 9.90. The summed E-state index contributed by atoms with van der Waals surface area (Å²) in [5.74, 6) is 0. The van der Waals surface area contributed by atoms with Crippen LogP contribution in [0.2, 0.25) is 0 Å². The van der Waals surface area contributed by atoms with Crippen LogP contribution in [0.25, 0.3) is 10.8 Å². The molecule has 94 valence electrons. The molecule has 2 aromatic carbocycles. The number of anilines is 1. The zero-order valence-electron chi connectivity index (χ0n) is 10.6. The van der Waals surface area contributed by atoms with Gasteiger partial charge in [-0.1, -0.05) is 49.2 Å². The van der Waals surface area contributed by atoms with Crippen molar-refractivity contribution < 1.29 is 0 Å². The van der Waals surface area contributed by atoms with Crippen molar-refractivity contribution >= 4 is 16.5 Å². The fourth-order valence-electron chi connectivity index (χ4n) is 2.89. The van der Waals surface area contributed by atoms with Crippen LogP contribution in [0.4, 0.5) is 5.69 Å². The highest BCUT2D eigenvalue weighted by Gasteiger charge is 2.21. The Bertz CT molecular complexity index is 530. The summed E-state index contributed by atoms with van der Waals surface area (Å²) in [7, 11) is 0. The zero-order valence-corrected chi connectivity index (χ0v) is 10.6. The molecule has 3 N–H and O–H groups in total. The van der Waals surface area contributed by atoms with E-state index in [1.165, 1.54) is 35.7 Å². The Morgan fingerprint density at radius 2 is 1.72 bits per heavy atom. The van der Waals surface area contributed by atoms with E-state index in [1.807, 2.05) is 0 Å². The molecular weight excluding hydrogens is 220 g/mol. The zero-order chi connectivity index (χ0) is 12.4. The predicted octanol–water partition coefficient (Wildman–Crippen LogP) is 3.52. The molecule has 0 aliphatic heterocycles. The van der Waals surface area contributed by atoms with Gasteiger partial charge in [-0.3, -0.25) is 0 Å². The molecule has 1 aliphatic rings. The molecule has 18 heavy (non-hydrogen) atoms. The number of hydrogen-bond donors (Lipinski definition) is 2. The summed E-state index contributed by atoms with van der Waals surface area (Å²) in [4.78, 5) is 0. The third-order valence-electron chi connectivity index (χ3n) is 3.95. The summed E-state index contributed by atoms with van der Waals surface area (Å²) >= 11 is 0. The second-order valence-electron chi connectivity index (χ2n) is 5.23. The number of nitrogens with two attached hydrogens (primary N) is 1. The van der Waals surface area contributed by atoms with Crippen LogP contribution in [0.5, 0.6) is 0 Å². The average molecular weight is 240 g/mol. The van der Waals surface area contributed by atoms with Crippen LogP contribution in [0, 0.1) is 0 Å². The third kappa shape index (κ3) is 2.21. The van der Waals surface area contributed by atoms with E-state index in [-0.39, 0.29) is 6.04 Å². The fraction of sp³-hybridized carbons (Fsp3) is 0.375. The van der Waals surface area contributed by atoms with Crippen LogP contribution in [-0.4, -0.2) is 12.1 Å². The van der Waals surface area contributed by atoms with Gasteiger partial charge in [0.2, 0.25) is 0 Å². The summed E-state index contributed by atoms with van der Waals surface area (Å²) in [6.07, 6.45) is 4.89. The summed E-state index contributed by atoms with van der Waals surface area (Å²) < 4.78 is 0. The van der Waals surface area contributed by atoms with Crippen molar-refractivity contribution in [3.63, 3.8) is 0 Å². The van der Waals surface area contributed by atoms with E-state index in [9.17, 15) is 0 Å². The number of rotatable bonds is 2. The van der Waals surface area contributed by atoms with Crippen LogP contribution in [0.15, 0.2) is 42.5 Å². The molecule has 0 spiro atoms. The van der Waals surface area contributed by atoms with Crippen molar-refractivity contribution in [2.75, 3.05) is 5.32 Å². The molecule has 2 aromatic rings. The first-order valence-corrected chi connectivity index (χ1v) is 6.84. The number of benzene rings is 2. The normalized spacial score (nSPS) is 24.1. The lowest BCUT2D eigenvalue weighted by molar-refractivity contribution is 0.404. The summed E-state index contributed by atoms with van der Waals surface area (Å²) in [6.45, 7) is 0. The van der Waals surface area contributed by atoms with Gasteiger partial charge in [0.05, 0.1) is 0 Å². The molecule has 0 saturated heterocycles. The molecule has 1 aliphatic carbocycles. The maximum atomic E-state index is 6.21. The smallest absolute Gasteiger partial charge is 0.0422 e. The van der Waals surface area contributed by atoms with Crippen LogP contribution in [0.1, 0.15) is 25.7 Å². The Labute approximate surface area is 108 Å². The Balaban J connectivity index is 1.90. The van der Waals surface area contributed by atoms with E-state index < -0.39 is 0 Å². The maximum absolute atomic E-state index is 6.21. The number of fused-ring (bicyclic) bond motifs is 1. The fourth-order valence-corrected chi connectivity index (χ4v) is 2.89. The standard InChI is InChI=1S/C16H20N2/c17-14-9-3-4-10-16(14)18-15-11-5-7-12-6-1-2-8-13(12)15/h1-2,5-8,11,14,16,18H,3-4,9-10,17H2. The molecule has 0 aromatic heterocycles. The topological polar surface area (TPSA) is 38.0 Å². The molecule has 1 saturated carbocycles. The Hall–Kier alpha value is -1.54. The Kier molecular flexibility index (Phi) is 3.20. The first kappa shape index (κ1) is 11.5. The van der Waals surface area contributed by atoms with Gasteiger partial charge in [0.25, 0.3) is 0 Å². The highest BCUT2D eigenvalue weighted by Crippen LogP contribution is 2.26. The van der Waals surface area contributed by atoms with Gasteiger partial charge in [0, 0.05) is 23.2 Å². The maximum Gasteiger partial charge on any atom is 0.0422 e. The Morgan fingerprint density at radius 1 is 0.944 bits per heavy atom. The summed E-state index contributed by atoms with van der Waals surface area (Å²) in [6, 6.07) is 15.6. The molecule has 2 unspecified atom stereocenters. The van der Waals surface area contributed by atoms with Gasteiger partial charge in [0.15, 0.2) is 0 Å². The summed E-state index contributed by atoms with van der Waals surface area (Å²) in [5.41, 5.74) is 7.43. The minimum Gasteiger partial charge on any atom is -0.380 e. The van der Waals surface area contributed by atoms with Crippen molar-refractivity contribution in [2.24, 2.45) is 5.73 Å². The molecule has 2 atom stereocenters. The SMILES string of the molecule is NC1CCCCC1Nc1cccc2ccccc12. The van der Waals surface area contributed by atoms with Crippen LogP contribution < -0.4 is 11.1 Å². The molecule has 3 rings (SSSR count). The van der Waals surface area contributed by atoms with Crippen molar-refractivity contribution in [1.82, 2.24) is 0 Å².